The van der Waals surface area contributed by atoms with Crippen molar-refractivity contribution in [3.63, 3.8) is 0 Å². The maximum Gasteiger partial charge on any atom is 0.226 e. The molecule has 5 nitrogen and oxygen atoms in total. The van der Waals surface area contributed by atoms with E-state index in [1.165, 1.54) is 6.42 Å². The Morgan fingerprint density at radius 3 is 2.68 bits per heavy atom. The van der Waals surface area contributed by atoms with Gasteiger partial charge in [0.15, 0.2) is 0 Å². The van der Waals surface area contributed by atoms with Crippen molar-refractivity contribution in [3.8, 4) is 0 Å². The molecule has 2 fully saturated rings. The molecule has 1 amide bonds. The third-order valence-electron chi connectivity index (χ3n) is 4.83. The zero-order valence-corrected chi connectivity index (χ0v) is 10.9. The molecule has 5 heteroatoms. The molecule has 0 aromatic carbocycles. The molecule has 0 N–H and O–H groups in total. The number of hydrogen-bond acceptors (Lipinski definition) is 3. The van der Waals surface area contributed by atoms with Crippen LogP contribution in [0, 0.1) is 17.8 Å². The summed E-state index contributed by atoms with van der Waals surface area (Å²) < 4.78 is 0. The van der Waals surface area contributed by atoms with Gasteiger partial charge in [-0.1, -0.05) is 12.2 Å². The normalized spacial score (nSPS) is 36.3. The van der Waals surface area contributed by atoms with Crippen LogP contribution in [0.4, 0.5) is 0 Å². The van der Waals surface area contributed by atoms with Crippen LogP contribution < -0.4 is 0 Å². The minimum atomic E-state index is 0.235. The third-order valence-corrected chi connectivity index (χ3v) is 4.83. The molecule has 1 aromatic rings. The largest absolute Gasteiger partial charge is 0.340 e. The average Bonchev–Trinajstić information content (AvgIpc) is 3.18. The number of amides is 1. The molecule has 4 rings (SSSR count). The van der Waals surface area contributed by atoms with Crippen molar-refractivity contribution in [1.29, 1.82) is 0 Å². The molecule has 0 radical (unpaired) electrons. The SMILES string of the molecule is O=C(C1CC2C=CC1C2)N1CCC(n2nccn2)C1. The monoisotopic (exact) mass is 258 g/mol. The van der Waals surface area contributed by atoms with Crippen LogP contribution in [-0.4, -0.2) is 38.9 Å². The second kappa shape index (κ2) is 4.18. The molecule has 2 bridgehead atoms. The summed E-state index contributed by atoms with van der Waals surface area (Å²) in [5, 5.41) is 8.37. The van der Waals surface area contributed by atoms with E-state index in [-0.39, 0.29) is 12.0 Å². The van der Waals surface area contributed by atoms with E-state index in [9.17, 15) is 4.79 Å². The number of fused-ring (bicyclic) bond motifs is 2. The zero-order valence-electron chi connectivity index (χ0n) is 10.9. The summed E-state index contributed by atoms with van der Waals surface area (Å²) in [6.07, 6.45) is 11.2. The Labute approximate surface area is 112 Å². The van der Waals surface area contributed by atoms with Crippen molar-refractivity contribution in [2.24, 2.45) is 17.8 Å². The first kappa shape index (κ1) is 11.2. The fourth-order valence-corrected chi connectivity index (χ4v) is 3.84. The van der Waals surface area contributed by atoms with Crippen LogP contribution in [0.2, 0.25) is 0 Å². The van der Waals surface area contributed by atoms with Gasteiger partial charge in [-0.05, 0) is 31.1 Å². The number of allylic oxidation sites excluding steroid dienone is 2. The van der Waals surface area contributed by atoms with Crippen LogP contribution >= 0.6 is 0 Å². The van der Waals surface area contributed by atoms with E-state index in [0.29, 0.717) is 17.7 Å². The van der Waals surface area contributed by atoms with E-state index in [1.54, 1.807) is 17.2 Å². The van der Waals surface area contributed by atoms with Crippen LogP contribution in [0.1, 0.15) is 25.3 Å². The Morgan fingerprint density at radius 1 is 1.16 bits per heavy atom. The van der Waals surface area contributed by atoms with E-state index in [1.807, 2.05) is 4.90 Å². The maximum atomic E-state index is 12.6. The van der Waals surface area contributed by atoms with Gasteiger partial charge in [0.2, 0.25) is 5.91 Å². The molecule has 2 aliphatic carbocycles. The van der Waals surface area contributed by atoms with E-state index < -0.39 is 0 Å². The van der Waals surface area contributed by atoms with Crippen molar-refractivity contribution in [3.05, 3.63) is 24.5 Å². The average molecular weight is 258 g/mol. The van der Waals surface area contributed by atoms with Crippen molar-refractivity contribution in [2.75, 3.05) is 13.1 Å². The van der Waals surface area contributed by atoms with E-state index in [4.69, 9.17) is 0 Å². The quantitative estimate of drug-likeness (QED) is 0.750. The Kier molecular flexibility index (Phi) is 2.47. The van der Waals surface area contributed by atoms with Crippen LogP contribution in [0.3, 0.4) is 0 Å². The molecular weight excluding hydrogens is 240 g/mol. The smallest absolute Gasteiger partial charge is 0.226 e. The molecule has 19 heavy (non-hydrogen) atoms. The highest BCUT2D eigenvalue weighted by Gasteiger charge is 2.42. The molecule has 3 aliphatic rings. The Balaban J connectivity index is 1.44. The molecule has 1 saturated carbocycles. The van der Waals surface area contributed by atoms with Gasteiger partial charge in [0.1, 0.15) is 0 Å². The standard InChI is InChI=1S/C14H18N4O/c19-14(13-8-10-1-2-11(13)7-10)17-6-3-12(9-17)18-15-4-5-16-18/h1-2,4-5,10-13H,3,6-9H2. The first-order valence-electron chi connectivity index (χ1n) is 7.14. The molecule has 1 aromatic heterocycles. The van der Waals surface area contributed by atoms with Gasteiger partial charge in [0.05, 0.1) is 18.4 Å². The molecule has 4 unspecified atom stereocenters. The van der Waals surface area contributed by atoms with Gasteiger partial charge in [0, 0.05) is 19.0 Å². The number of carbonyl (C=O) groups excluding carboxylic acids is 1. The highest BCUT2D eigenvalue weighted by Crippen LogP contribution is 2.44. The maximum absolute atomic E-state index is 12.6. The highest BCUT2D eigenvalue weighted by molar-refractivity contribution is 5.80. The molecule has 1 saturated heterocycles. The summed E-state index contributed by atoms with van der Waals surface area (Å²) in [5.74, 6) is 1.75. The molecule has 0 spiro atoms. The van der Waals surface area contributed by atoms with Crippen LogP contribution in [0.5, 0.6) is 0 Å². The number of nitrogens with zero attached hydrogens (tertiary/aromatic N) is 4. The lowest BCUT2D eigenvalue weighted by molar-refractivity contribution is -0.135. The van der Waals surface area contributed by atoms with Gasteiger partial charge in [0.25, 0.3) is 0 Å². The minimum absolute atomic E-state index is 0.235. The van der Waals surface area contributed by atoms with Gasteiger partial charge >= 0.3 is 0 Å². The number of likely N-dealkylation sites (tertiary alicyclic amines) is 1. The Bertz CT molecular complexity index is 510. The minimum Gasteiger partial charge on any atom is -0.340 e. The topological polar surface area (TPSA) is 51.0 Å². The second-order valence-electron chi connectivity index (χ2n) is 5.96. The fourth-order valence-electron chi connectivity index (χ4n) is 3.84. The van der Waals surface area contributed by atoms with Crippen molar-refractivity contribution in [2.45, 2.75) is 25.3 Å². The summed E-state index contributed by atoms with van der Waals surface area (Å²) >= 11 is 0. The number of rotatable bonds is 2. The van der Waals surface area contributed by atoms with Gasteiger partial charge < -0.3 is 4.90 Å². The number of hydrogen-bond donors (Lipinski definition) is 0. The fraction of sp³-hybridized carbons (Fsp3) is 0.643. The van der Waals surface area contributed by atoms with Gasteiger partial charge in [-0.15, -0.1) is 0 Å². The summed E-state index contributed by atoms with van der Waals surface area (Å²) in [6.45, 7) is 1.62. The molecule has 100 valence electrons. The lowest BCUT2D eigenvalue weighted by Crippen LogP contribution is -2.36. The summed E-state index contributed by atoms with van der Waals surface area (Å²) in [4.78, 5) is 16.4. The highest BCUT2D eigenvalue weighted by atomic mass is 16.2. The Hall–Kier alpha value is -1.65. The lowest BCUT2D eigenvalue weighted by atomic mass is 9.92. The number of aromatic nitrogens is 3. The molecule has 2 heterocycles. The first-order valence-corrected chi connectivity index (χ1v) is 7.14. The van der Waals surface area contributed by atoms with E-state index >= 15 is 0 Å². The van der Waals surface area contributed by atoms with Gasteiger partial charge in [-0.3, -0.25) is 4.79 Å². The van der Waals surface area contributed by atoms with Crippen molar-refractivity contribution < 1.29 is 4.79 Å². The summed E-state index contributed by atoms with van der Waals surface area (Å²) in [5.41, 5.74) is 0. The van der Waals surface area contributed by atoms with E-state index in [0.717, 1.165) is 25.9 Å². The van der Waals surface area contributed by atoms with Gasteiger partial charge in [-0.25, -0.2) is 0 Å². The molecule has 4 atom stereocenters. The predicted molar refractivity (Wildman–Crippen MR) is 69.1 cm³/mol. The first-order chi connectivity index (χ1) is 9.31. The van der Waals surface area contributed by atoms with Crippen LogP contribution in [0.15, 0.2) is 24.5 Å². The third kappa shape index (κ3) is 1.79. The summed E-state index contributed by atoms with van der Waals surface area (Å²) in [6, 6.07) is 0.257. The molecular formula is C14H18N4O. The predicted octanol–water partition coefficient (Wildman–Crippen LogP) is 1.26. The van der Waals surface area contributed by atoms with Gasteiger partial charge in [-0.2, -0.15) is 15.0 Å². The van der Waals surface area contributed by atoms with Crippen LogP contribution in [-0.2, 0) is 4.79 Å². The lowest BCUT2D eigenvalue weighted by Gasteiger charge is -2.24. The number of carbonyl (C=O) groups is 1. The van der Waals surface area contributed by atoms with E-state index in [2.05, 4.69) is 22.3 Å². The Morgan fingerprint density at radius 2 is 2.00 bits per heavy atom. The van der Waals surface area contributed by atoms with Crippen LogP contribution in [0.25, 0.3) is 0 Å². The zero-order chi connectivity index (χ0) is 12.8. The summed E-state index contributed by atoms with van der Waals surface area (Å²) in [7, 11) is 0. The van der Waals surface area contributed by atoms with Crippen molar-refractivity contribution in [1.82, 2.24) is 19.9 Å². The second-order valence-corrected chi connectivity index (χ2v) is 5.96. The van der Waals surface area contributed by atoms with Crippen molar-refractivity contribution >= 4 is 5.91 Å². The molecule has 1 aliphatic heterocycles.